The molecule has 0 saturated carbocycles. The van der Waals surface area contributed by atoms with Gasteiger partial charge in [-0.2, -0.15) is 0 Å². The van der Waals surface area contributed by atoms with E-state index < -0.39 is 5.91 Å². The van der Waals surface area contributed by atoms with E-state index in [2.05, 4.69) is 5.32 Å². The lowest BCUT2D eigenvalue weighted by Crippen LogP contribution is -2.37. The van der Waals surface area contributed by atoms with Crippen LogP contribution in [0.5, 0.6) is 0 Å². The van der Waals surface area contributed by atoms with Crippen molar-refractivity contribution >= 4 is 34.2 Å². The van der Waals surface area contributed by atoms with Crippen LogP contribution in [0.25, 0.3) is 10.8 Å². The van der Waals surface area contributed by atoms with Gasteiger partial charge in [-0.05, 0) is 53.6 Å². The Morgan fingerprint density at radius 1 is 0.829 bits per heavy atom. The zero-order chi connectivity index (χ0) is 24.8. The first kappa shape index (κ1) is 23.7. The van der Waals surface area contributed by atoms with Crippen molar-refractivity contribution in [3.8, 4) is 0 Å². The van der Waals surface area contributed by atoms with Crippen LogP contribution in [0, 0.1) is 6.92 Å². The van der Waals surface area contributed by atoms with Crippen molar-refractivity contribution in [3.63, 3.8) is 0 Å². The predicted octanol–water partition coefficient (Wildman–Crippen LogP) is 4.55. The fraction of sp³-hybridized carbons (Fsp3) is 0.107. The molecular formula is C28H25N3O4. The summed E-state index contributed by atoms with van der Waals surface area (Å²) in [6, 6.07) is 27.0. The molecule has 4 aromatic rings. The van der Waals surface area contributed by atoms with Crippen molar-refractivity contribution in [3.05, 3.63) is 113 Å². The van der Waals surface area contributed by atoms with Crippen LogP contribution < -0.4 is 10.8 Å². The van der Waals surface area contributed by atoms with Crippen molar-refractivity contribution < 1.29 is 19.6 Å². The van der Waals surface area contributed by atoms with Gasteiger partial charge in [-0.3, -0.25) is 19.6 Å². The highest BCUT2D eigenvalue weighted by atomic mass is 16.5. The summed E-state index contributed by atoms with van der Waals surface area (Å²) in [7, 11) is 0. The zero-order valence-electron chi connectivity index (χ0n) is 19.2. The van der Waals surface area contributed by atoms with Gasteiger partial charge < -0.3 is 10.2 Å². The number of anilines is 1. The summed E-state index contributed by atoms with van der Waals surface area (Å²) in [6.07, 6.45) is 0. The molecule has 0 heterocycles. The van der Waals surface area contributed by atoms with Crippen LogP contribution in [0.15, 0.2) is 91.0 Å². The van der Waals surface area contributed by atoms with E-state index >= 15 is 0 Å². The van der Waals surface area contributed by atoms with Gasteiger partial charge in [-0.1, -0.05) is 66.2 Å². The molecule has 0 saturated heterocycles. The molecule has 176 valence electrons. The number of benzene rings is 4. The number of fused-ring (bicyclic) bond motifs is 1. The van der Waals surface area contributed by atoms with E-state index in [1.165, 1.54) is 4.90 Å². The van der Waals surface area contributed by atoms with Gasteiger partial charge in [-0.25, -0.2) is 5.48 Å². The van der Waals surface area contributed by atoms with Crippen molar-refractivity contribution in [2.24, 2.45) is 0 Å². The second kappa shape index (κ2) is 10.6. The normalized spacial score (nSPS) is 10.6. The third-order valence-corrected chi connectivity index (χ3v) is 5.67. The Morgan fingerprint density at radius 2 is 1.51 bits per heavy atom. The van der Waals surface area contributed by atoms with Gasteiger partial charge in [0.2, 0.25) is 5.91 Å². The Balaban J connectivity index is 1.61. The molecule has 0 bridgehead atoms. The summed E-state index contributed by atoms with van der Waals surface area (Å²) in [4.78, 5) is 39.7. The maximum Gasteiger partial charge on any atom is 0.274 e. The van der Waals surface area contributed by atoms with Crippen LogP contribution in [0.2, 0.25) is 0 Å². The summed E-state index contributed by atoms with van der Waals surface area (Å²) >= 11 is 0. The first-order valence-electron chi connectivity index (χ1n) is 11.1. The third-order valence-electron chi connectivity index (χ3n) is 5.67. The number of carbonyl (C=O) groups is 3. The maximum atomic E-state index is 13.7. The molecule has 0 spiro atoms. The monoisotopic (exact) mass is 467 g/mol. The van der Waals surface area contributed by atoms with Gasteiger partial charge in [0.15, 0.2) is 0 Å². The number of hydrogen-bond acceptors (Lipinski definition) is 4. The number of hydroxylamine groups is 1. The average molecular weight is 468 g/mol. The summed E-state index contributed by atoms with van der Waals surface area (Å²) in [6.45, 7) is 1.96. The van der Waals surface area contributed by atoms with Gasteiger partial charge in [0.25, 0.3) is 11.8 Å². The molecule has 3 amide bonds. The zero-order valence-corrected chi connectivity index (χ0v) is 19.2. The smallest absolute Gasteiger partial charge is 0.274 e. The highest BCUT2D eigenvalue weighted by Crippen LogP contribution is 2.21. The van der Waals surface area contributed by atoms with Crippen LogP contribution >= 0.6 is 0 Å². The highest BCUT2D eigenvalue weighted by Gasteiger charge is 2.21. The number of nitrogens with one attached hydrogen (secondary N) is 2. The SMILES string of the molecule is Cc1ccc(NC(=O)CN(Cc2ccc(C(=O)NO)cc2)C(=O)c2cccc3ccccc23)cc1. The topological polar surface area (TPSA) is 98.7 Å². The second-order valence-corrected chi connectivity index (χ2v) is 8.24. The van der Waals surface area contributed by atoms with Crippen LogP contribution in [0.1, 0.15) is 31.8 Å². The average Bonchev–Trinajstić information content (AvgIpc) is 2.89. The van der Waals surface area contributed by atoms with Gasteiger partial charge >= 0.3 is 0 Å². The van der Waals surface area contributed by atoms with Crippen molar-refractivity contribution in [1.29, 1.82) is 0 Å². The van der Waals surface area contributed by atoms with E-state index in [0.717, 1.165) is 21.9 Å². The van der Waals surface area contributed by atoms with E-state index in [9.17, 15) is 14.4 Å². The molecule has 4 aromatic carbocycles. The number of aryl methyl sites for hydroxylation is 1. The Kier molecular flexibility index (Phi) is 7.18. The molecule has 0 aliphatic rings. The number of hydrogen-bond donors (Lipinski definition) is 3. The van der Waals surface area contributed by atoms with Crippen LogP contribution in [0.4, 0.5) is 5.69 Å². The van der Waals surface area contributed by atoms with Gasteiger partial charge in [0.1, 0.15) is 6.54 Å². The molecule has 7 nitrogen and oxygen atoms in total. The minimum absolute atomic E-state index is 0.157. The molecule has 0 aliphatic carbocycles. The minimum atomic E-state index is -0.627. The van der Waals surface area contributed by atoms with E-state index in [0.29, 0.717) is 11.3 Å². The Morgan fingerprint density at radius 3 is 2.23 bits per heavy atom. The van der Waals surface area contributed by atoms with E-state index in [4.69, 9.17) is 5.21 Å². The third kappa shape index (κ3) is 5.72. The molecule has 0 radical (unpaired) electrons. The van der Waals surface area contributed by atoms with Crippen molar-refractivity contribution in [1.82, 2.24) is 10.4 Å². The molecule has 0 aromatic heterocycles. The number of nitrogens with zero attached hydrogens (tertiary/aromatic N) is 1. The molecule has 4 rings (SSSR count). The first-order valence-corrected chi connectivity index (χ1v) is 11.1. The molecular weight excluding hydrogens is 442 g/mol. The standard InChI is InChI=1S/C28H25N3O4/c1-19-9-15-23(16-10-19)29-26(32)18-31(17-20-11-13-22(14-12-20)27(33)30-35)28(34)25-8-4-6-21-5-2-3-7-24(21)25/h2-16,35H,17-18H2,1H3,(H,29,32)(H,30,33). The lowest BCUT2D eigenvalue weighted by molar-refractivity contribution is -0.117. The van der Waals surface area contributed by atoms with Gasteiger partial charge in [-0.15, -0.1) is 0 Å². The predicted molar refractivity (Wildman–Crippen MR) is 134 cm³/mol. The lowest BCUT2D eigenvalue weighted by atomic mass is 10.0. The van der Waals surface area contributed by atoms with E-state index in [1.807, 2.05) is 67.6 Å². The Hall–Kier alpha value is -4.49. The quantitative estimate of drug-likeness (QED) is 0.274. The maximum absolute atomic E-state index is 13.7. The van der Waals surface area contributed by atoms with Gasteiger partial charge in [0, 0.05) is 23.4 Å². The minimum Gasteiger partial charge on any atom is -0.325 e. The van der Waals surface area contributed by atoms with E-state index in [1.54, 1.807) is 35.8 Å². The molecule has 0 atom stereocenters. The number of rotatable bonds is 7. The summed E-state index contributed by atoms with van der Waals surface area (Å²) in [5, 5.41) is 13.4. The Bertz CT molecular complexity index is 1360. The molecule has 0 unspecified atom stereocenters. The fourth-order valence-corrected chi connectivity index (χ4v) is 3.84. The lowest BCUT2D eigenvalue weighted by Gasteiger charge is -2.23. The number of carbonyl (C=O) groups excluding carboxylic acids is 3. The Labute approximate surface area is 203 Å². The molecule has 35 heavy (non-hydrogen) atoms. The largest absolute Gasteiger partial charge is 0.325 e. The fourth-order valence-electron chi connectivity index (χ4n) is 3.84. The van der Waals surface area contributed by atoms with Crippen molar-refractivity contribution in [2.45, 2.75) is 13.5 Å². The summed E-state index contributed by atoms with van der Waals surface area (Å²) in [5.74, 6) is -1.23. The highest BCUT2D eigenvalue weighted by molar-refractivity contribution is 6.08. The number of amides is 3. The van der Waals surface area contributed by atoms with Crippen LogP contribution in [-0.2, 0) is 11.3 Å². The molecule has 3 N–H and O–H groups in total. The van der Waals surface area contributed by atoms with E-state index in [-0.39, 0.29) is 30.5 Å². The van der Waals surface area contributed by atoms with Crippen LogP contribution in [-0.4, -0.2) is 34.4 Å². The molecule has 0 aliphatic heterocycles. The molecule has 7 heteroatoms. The summed E-state index contributed by atoms with van der Waals surface area (Å²) < 4.78 is 0. The van der Waals surface area contributed by atoms with Gasteiger partial charge in [0.05, 0.1) is 0 Å². The molecule has 0 fully saturated rings. The second-order valence-electron chi connectivity index (χ2n) is 8.24. The van der Waals surface area contributed by atoms with Crippen molar-refractivity contribution in [2.75, 3.05) is 11.9 Å². The first-order chi connectivity index (χ1) is 16.9. The van der Waals surface area contributed by atoms with Crippen LogP contribution in [0.3, 0.4) is 0 Å². The summed E-state index contributed by atoms with van der Waals surface area (Å²) in [5.41, 5.74) is 4.84.